The molecule has 50 heavy (non-hydrogen) atoms. The fourth-order valence-electron chi connectivity index (χ4n) is 6.54. The first-order valence-corrected chi connectivity index (χ1v) is 16.6. The summed E-state index contributed by atoms with van der Waals surface area (Å²) in [7, 11) is 1.55. The maximum atomic E-state index is 16.7. The number of aromatic amines is 1. The molecule has 0 atom stereocenters. The Kier molecular flexibility index (Phi) is 9.36. The molecule has 0 aliphatic carbocycles. The Morgan fingerprint density at radius 1 is 0.980 bits per heavy atom. The molecule has 1 N–H and O–H groups in total. The number of carbonyl (C=O) groups excluding carboxylic acids is 2. The van der Waals surface area contributed by atoms with E-state index in [0.717, 1.165) is 0 Å². The van der Waals surface area contributed by atoms with Crippen LogP contribution in [0.3, 0.4) is 0 Å². The van der Waals surface area contributed by atoms with E-state index in [1.165, 1.54) is 0 Å². The van der Waals surface area contributed by atoms with Gasteiger partial charge in [0.1, 0.15) is 11.4 Å². The molecule has 1 saturated heterocycles. The third kappa shape index (κ3) is 6.45. The van der Waals surface area contributed by atoms with Crippen LogP contribution in [0.1, 0.15) is 35.8 Å². The summed E-state index contributed by atoms with van der Waals surface area (Å²) in [5.41, 5.74) is 2.84. The zero-order chi connectivity index (χ0) is 34.6. The molecule has 2 aliphatic rings. The van der Waals surface area contributed by atoms with Crippen LogP contribution in [0, 0.1) is 5.82 Å². The van der Waals surface area contributed by atoms with Crippen molar-refractivity contribution in [2.75, 3.05) is 57.9 Å². The van der Waals surface area contributed by atoms with Crippen LogP contribution < -0.4 is 14.4 Å². The predicted octanol–water partition coefficient (Wildman–Crippen LogP) is 3.83. The van der Waals surface area contributed by atoms with Crippen molar-refractivity contribution in [3.63, 3.8) is 0 Å². The number of fused-ring (bicyclic) bond motifs is 1. The molecular formula is C35H37FN10O4. The maximum Gasteiger partial charge on any atom is 0.270 e. The van der Waals surface area contributed by atoms with Crippen molar-refractivity contribution in [2.45, 2.75) is 26.3 Å². The van der Waals surface area contributed by atoms with Crippen LogP contribution in [0.4, 0.5) is 10.2 Å². The third-order valence-corrected chi connectivity index (χ3v) is 9.04. The predicted molar refractivity (Wildman–Crippen MR) is 183 cm³/mol. The minimum atomic E-state index is -0.493. The highest BCUT2D eigenvalue weighted by Crippen LogP contribution is 2.40. The minimum absolute atomic E-state index is 0.0516. The van der Waals surface area contributed by atoms with Gasteiger partial charge in [0.25, 0.3) is 11.8 Å². The second kappa shape index (κ2) is 14.3. The maximum absolute atomic E-state index is 16.7. The molecule has 2 aliphatic heterocycles. The summed E-state index contributed by atoms with van der Waals surface area (Å²) in [6, 6.07) is 5.25. The van der Waals surface area contributed by atoms with E-state index in [1.54, 1.807) is 77.0 Å². The Morgan fingerprint density at radius 3 is 2.60 bits per heavy atom. The Morgan fingerprint density at radius 2 is 1.82 bits per heavy atom. The molecule has 5 aromatic rings. The number of halogens is 1. The normalized spacial score (nSPS) is 14.9. The van der Waals surface area contributed by atoms with E-state index >= 15 is 4.39 Å². The SMILES string of the molecule is CCOc1ccncc1-c1cc(C2=CCCN(C(=O)CCn3ccnn3)C2)c(F)c2[nH]c(C(=O)N3CCN(c4nccnc4OC)CC3)cc12. The molecule has 4 aromatic heterocycles. The van der Waals surface area contributed by atoms with Gasteiger partial charge in [-0.1, -0.05) is 11.3 Å². The molecule has 15 heteroatoms. The summed E-state index contributed by atoms with van der Waals surface area (Å²) >= 11 is 0. The largest absolute Gasteiger partial charge is 0.493 e. The van der Waals surface area contributed by atoms with Crippen molar-refractivity contribution in [2.24, 2.45) is 0 Å². The summed E-state index contributed by atoms with van der Waals surface area (Å²) in [4.78, 5) is 48.8. The summed E-state index contributed by atoms with van der Waals surface area (Å²) in [5, 5.41) is 8.27. The monoisotopic (exact) mass is 680 g/mol. The second-order valence-electron chi connectivity index (χ2n) is 12.0. The van der Waals surface area contributed by atoms with Crippen molar-refractivity contribution in [1.82, 2.24) is 44.7 Å². The Hall–Kier alpha value is -5.86. The molecule has 14 nitrogen and oxygen atoms in total. The number of nitrogens with zero attached hydrogens (tertiary/aromatic N) is 9. The average molecular weight is 681 g/mol. The smallest absolute Gasteiger partial charge is 0.270 e. The molecular weight excluding hydrogens is 643 g/mol. The van der Waals surface area contributed by atoms with Crippen molar-refractivity contribution in [1.29, 1.82) is 0 Å². The van der Waals surface area contributed by atoms with Crippen LogP contribution in [0.15, 0.2) is 61.5 Å². The van der Waals surface area contributed by atoms with Gasteiger partial charge in [0, 0.05) is 93.2 Å². The second-order valence-corrected chi connectivity index (χ2v) is 12.0. The Balaban J connectivity index is 1.20. The van der Waals surface area contributed by atoms with Crippen LogP contribution >= 0.6 is 0 Å². The molecule has 258 valence electrons. The highest BCUT2D eigenvalue weighted by Gasteiger charge is 2.29. The highest BCUT2D eigenvalue weighted by molar-refractivity contribution is 6.05. The average Bonchev–Trinajstić information content (AvgIpc) is 3.86. The van der Waals surface area contributed by atoms with E-state index in [4.69, 9.17) is 9.47 Å². The van der Waals surface area contributed by atoms with Gasteiger partial charge in [-0.25, -0.2) is 14.4 Å². The van der Waals surface area contributed by atoms with Crippen molar-refractivity contribution < 1.29 is 23.5 Å². The van der Waals surface area contributed by atoms with Crippen LogP contribution in [0.5, 0.6) is 11.6 Å². The van der Waals surface area contributed by atoms with E-state index in [9.17, 15) is 9.59 Å². The number of benzene rings is 1. The highest BCUT2D eigenvalue weighted by atomic mass is 19.1. The van der Waals surface area contributed by atoms with Gasteiger partial charge in [-0.05, 0) is 42.7 Å². The molecule has 7 rings (SSSR count). The van der Waals surface area contributed by atoms with Gasteiger partial charge in [0.2, 0.25) is 5.91 Å². The van der Waals surface area contributed by atoms with Crippen LogP contribution in [-0.2, 0) is 11.3 Å². The van der Waals surface area contributed by atoms with E-state index < -0.39 is 5.82 Å². The lowest BCUT2D eigenvalue weighted by molar-refractivity contribution is -0.131. The van der Waals surface area contributed by atoms with Gasteiger partial charge in [0.15, 0.2) is 11.6 Å². The number of rotatable bonds is 10. The molecule has 0 saturated carbocycles. The number of ether oxygens (including phenoxy) is 2. The van der Waals surface area contributed by atoms with E-state index in [-0.39, 0.29) is 36.0 Å². The molecule has 6 heterocycles. The fourth-order valence-corrected chi connectivity index (χ4v) is 6.54. The number of hydrogen-bond donors (Lipinski definition) is 1. The lowest BCUT2D eigenvalue weighted by Crippen LogP contribution is -2.49. The third-order valence-electron chi connectivity index (χ3n) is 9.04. The topological polar surface area (TPSA) is 147 Å². The van der Waals surface area contributed by atoms with Crippen molar-refractivity contribution in [3.8, 4) is 22.8 Å². The van der Waals surface area contributed by atoms with Gasteiger partial charge in [-0.2, -0.15) is 0 Å². The lowest BCUT2D eigenvalue weighted by Gasteiger charge is -2.35. The zero-order valence-corrected chi connectivity index (χ0v) is 27.9. The van der Waals surface area contributed by atoms with Gasteiger partial charge < -0.3 is 29.2 Å². The quantitative estimate of drug-likeness (QED) is 0.231. The fraction of sp³-hybridized carbons (Fsp3) is 0.343. The van der Waals surface area contributed by atoms with Gasteiger partial charge in [-0.3, -0.25) is 19.3 Å². The number of aromatic nitrogens is 7. The first kappa shape index (κ1) is 32.7. The van der Waals surface area contributed by atoms with Crippen LogP contribution in [0.2, 0.25) is 0 Å². The summed E-state index contributed by atoms with van der Waals surface area (Å²) in [6.45, 7) is 5.42. The number of hydrogen-bond acceptors (Lipinski definition) is 10. The lowest BCUT2D eigenvalue weighted by atomic mass is 9.93. The Bertz CT molecular complexity index is 2040. The van der Waals surface area contributed by atoms with Crippen molar-refractivity contribution in [3.05, 3.63) is 78.5 Å². The number of anilines is 1. The number of carbonyl (C=O) groups is 2. The molecule has 0 unspecified atom stereocenters. The van der Waals surface area contributed by atoms with Crippen LogP contribution in [0.25, 0.3) is 27.6 Å². The van der Waals surface area contributed by atoms with E-state index in [0.29, 0.717) is 97.4 Å². The van der Waals surface area contributed by atoms with E-state index in [2.05, 4.69) is 30.2 Å². The molecule has 0 spiro atoms. The number of piperazine rings is 1. The standard InChI is InChI=1S/C35H37FN10O4/c1-3-50-29-6-8-37-21-27(29)25-19-24(23-5-4-12-45(22-23)30(47)7-13-46-14-11-40-42-46)31(36)32-26(25)20-28(41-32)35(48)44-17-15-43(16-18-44)33-34(49-2)39-10-9-38-33/h5-6,8-11,14,19-21,41H,3-4,7,12-13,15-18,22H2,1-2H3. The van der Waals surface area contributed by atoms with Crippen molar-refractivity contribution >= 4 is 34.1 Å². The first-order valence-electron chi connectivity index (χ1n) is 16.6. The van der Waals surface area contributed by atoms with Gasteiger partial charge in [0.05, 0.1) is 32.0 Å². The van der Waals surface area contributed by atoms with Gasteiger partial charge >= 0.3 is 0 Å². The molecule has 2 amide bonds. The van der Waals surface area contributed by atoms with E-state index in [1.807, 2.05) is 17.9 Å². The number of H-pyrrole nitrogens is 1. The number of amides is 2. The summed E-state index contributed by atoms with van der Waals surface area (Å²) < 4.78 is 29.6. The number of methoxy groups -OCH3 is 1. The summed E-state index contributed by atoms with van der Waals surface area (Å²) in [6.07, 6.45) is 12.6. The zero-order valence-electron chi connectivity index (χ0n) is 27.9. The number of nitrogens with one attached hydrogen (secondary N) is 1. The summed E-state index contributed by atoms with van der Waals surface area (Å²) in [5.74, 6) is 0.859. The molecule has 0 radical (unpaired) electrons. The molecule has 1 fully saturated rings. The number of pyridine rings is 1. The van der Waals surface area contributed by atoms with Gasteiger partial charge in [-0.15, -0.1) is 5.10 Å². The molecule has 1 aromatic carbocycles. The Labute approximate surface area is 287 Å². The number of aryl methyl sites for hydroxylation is 1. The van der Waals surface area contributed by atoms with Crippen LogP contribution in [-0.4, -0.2) is 110 Å². The first-order chi connectivity index (χ1) is 24.4. The molecule has 0 bridgehead atoms. The minimum Gasteiger partial charge on any atom is -0.493 e.